The molecule has 6 fully saturated rings. The van der Waals surface area contributed by atoms with Crippen LogP contribution in [0.25, 0.3) is 0 Å². The number of likely N-dealkylation sites (tertiary alicyclic amines) is 1. The van der Waals surface area contributed by atoms with E-state index in [1.165, 1.54) is 0 Å². The monoisotopic (exact) mass is 375 g/mol. The van der Waals surface area contributed by atoms with Crippen LogP contribution in [0, 0.1) is 39.9 Å². The molecule has 12 atom stereocenters. The van der Waals surface area contributed by atoms with Crippen molar-refractivity contribution in [2.24, 2.45) is 39.9 Å². The van der Waals surface area contributed by atoms with Crippen molar-refractivity contribution in [2.75, 3.05) is 13.1 Å². The number of aliphatic hydroxyl groups is 4. The van der Waals surface area contributed by atoms with Gasteiger partial charge in [-0.3, -0.25) is 4.90 Å². The number of hydrogen-bond acceptors (Lipinski definition) is 5. The Morgan fingerprint density at radius 1 is 1.19 bits per heavy atom. The molecule has 0 aromatic rings. The third-order valence-electron chi connectivity index (χ3n) is 10.6. The molecule has 2 spiro atoms. The van der Waals surface area contributed by atoms with Gasteiger partial charge in [0.2, 0.25) is 0 Å². The van der Waals surface area contributed by atoms with Crippen LogP contribution in [0.5, 0.6) is 0 Å². The van der Waals surface area contributed by atoms with E-state index in [2.05, 4.69) is 25.3 Å². The van der Waals surface area contributed by atoms with E-state index in [1.807, 2.05) is 0 Å². The van der Waals surface area contributed by atoms with Crippen LogP contribution in [-0.2, 0) is 0 Å². The van der Waals surface area contributed by atoms with Crippen LogP contribution in [0.4, 0.5) is 0 Å². The first-order valence-electron chi connectivity index (χ1n) is 10.9. The average molecular weight is 376 g/mol. The quantitative estimate of drug-likeness (QED) is 0.509. The highest BCUT2D eigenvalue weighted by Crippen LogP contribution is 2.83. The Bertz CT molecular complexity index is 727. The molecule has 150 valence electrons. The molecule has 0 radical (unpaired) electrons. The van der Waals surface area contributed by atoms with E-state index in [0.717, 1.165) is 32.4 Å². The summed E-state index contributed by atoms with van der Waals surface area (Å²) < 4.78 is 0. The molecular formula is C22H33NO4. The highest BCUT2D eigenvalue weighted by atomic mass is 16.3. The van der Waals surface area contributed by atoms with E-state index in [-0.39, 0.29) is 29.2 Å². The minimum absolute atomic E-state index is 0.143. The lowest BCUT2D eigenvalue weighted by Gasteiger charge is -2.66. The van der Waals surface area contributed by atoms with Crippen LogP contribution in [0.2, 0.25) is 0 Å². The lowest BCUT2D eigenvalue weighted by atomic mass is 9.43. The van der Waals surface area contributed by atoms with Crippen molar-refractivity contribution in [1.82, 2.24) is 4.90 Å². The predicted molar refractivity (Wildman–Crippen MR) is 99.6 cm³/mol. The van der Waals surface area contributed by atoms with Crippen molar-refractivity contribution in [3.8, 4) is 0 Å². The summed E-state index contributed by atoms with van der Waals surface area (Å²) in [5.74, 6) is 0.162. The molecule has 6 rings (SSSR count). The summed E-state index contributed by atoms with van der Waals surface area (Å²) in [7, 11) is 0. The predicted octanol–water partition coefficient (Wildman–Crippen LogP) is 0.763. The lowest BCUT2D eigenvalue weighted by molar-refractivity contribution is -0.247. The average Bonchev–Trinajstić information content (AvgIpc) is 3.17. The summed E-state index contributed by atoms with van der Waals surface area (Å²) in [5.41, 5.74) is 0.00434. The minimum atomic E-state index is -0.887. The Labute approximate surface area is 161 Å². The van der Waals surface area contributed by atoms with Crippen molar-refractivity contribution in [1.29, 1.82) is 0 Å². The van der Waals surface area contributed by atoms with Gasteiger partial charge in [0.05, 0.1) is 24.4 Å². The van der Waals surface area contributed by atoms with Gasteiger partial charge in [0.25, 0.3) is 0 Å². The zero-order valence-electron chi connectivity index (χ0n) is 16.4. The second-order valence-electron chi connectivity index (χ2n) is 11.0. The molecule has 5 aliphatic carbocycles. The van der Waals surface area contributed by atoms with Gasteiger partial charge in [0, 0.05) is 35.3 Å². The molecule has 1 saturated heterocycles. The Kier molecular flexibility index (Phi) is 3.10. The van der Waals surface area contributed by atoms with Crippen LogP contribution < -0.4 is 0 Å². The van der Waals surface area contributed by atoms with Crippen LogP contribution in [0.3, 0.4) is 0 Å². The molecule has 5 saturated carbocycles. The molecule has 0 aromatic carbocycles. The van der Waals surface area contributed by atoms with E-state index in [4.69, 9.17) is 0 Å². The van der Waals surface area contributed by atoms with Gasteiger partial charge in [-0.05, 0) is 55.1 Å². The van der Waals surface area contributed by atoms with Gasteiger partial charge in [0.15, 0.2) is 0 Å². The maximum absolute atomic E-state index is 11.5. The van der Waals surface area contributed by atoms with Crippen LogP contribution in [-0.4, -0.2) is 68.9 Å². The Morgan fingerprint density at radius 2 is 1.93 bits per heavy atom. The molecule has 5 nitrogen and oxygen atoms in total. The summed E-state index contributed by atoms with van der Waals surface area (Å²) >= 11 is 0. The molecular weight excluding hydrogens is 342 g/mol. The minimum Gasteiger partial charge on any atom is -0.392 e. The van der Waals surface area contributed by atoms with E-state index in [9.17, 15) is 20.4 Å². The smallest absolute Gasteiger partial charge is 0.0868 e. The number of aliphatic hydroxyl groups excluding tert-OH is 4. The maximum atomic E-state index is 11.5. The van der Waals surface area contributed by atoms with Crippen LogP contribution in [0.15, 0.2) is 12.2 Å². The van der Waals surface area contributed by atoms with Gasteiger partial charge < -0.3 is 20.4 Å². The molecule has 4 N–H and O–H groups in total. The zero-order chi connectivity index (χ0) is 19.1. The molecule has 27 heavy (non-hydrogen) atoms. The number of fused-ring (bicyclic) bond motifs is 1. The van der Waals surface area contributed by atoms with Crippen molar-refractivity contribution in [3.05, 3.63) is 12.2 Å². The van der Waals surface area contributed by atoms with Crippen molar-refractivity contribution in [2.45, 2.75) is 70.0 Å². The van der Waals surface area contributed by atoms with Gasteiger partial charge in [-0.15, -0.1) is 0 Å². The van der Waals surface area contributed by atoms with Crippen molar-refractivity contribution < 1.29 is 20.4 Å². The van der Waals surface area contributed by atoms with E-state index in [1.54, 1.807) is 0 Å². The SMILES string of the molecule is C=C1[C@H]2C[C@]3([C@@H]1O)[C@@H]1C[C@@H]4[C@]5(C)CC[C@H](O)[C@]4([C@H]1N(CC)C5)[C@@H]3[C@@H](O)[C@@H]2O. The molecule has 0 unspecified atom stereocenters. The molecule has 5 heteroatoms. The molecule has 0 aromatic heterocycles. The first kappa shape index (κ1) is 17.4. The number of hydrogen-bond donors (Lipinski definition) is 4. The molecule has 0 amide bonds. The molecule has 6 aliphatic rings. The topological polar surface area (TPSA) is 84.2 Å². The van der Waals surface area contributed by atoms with Gasteiger partial charge in [-0.1, -0.05) is 20.4 Å². The van der Waals surface area contributed by atoms with Gasteiger partial charge >= 0.3 is 0 Å². The van der Waals surface area contributed by atoms with E-state index in [0.29, 0.717) is 17.9 Å². The normalized spacial score (nSPS) is 66.3. The molecule has 1 heterocycles. The molecule has 1 aliphatic heterocycles. The fourth-order valence-corrected chi connectivity index (χ4v) is 10.0. The first-order chi connectivity index (χ1) is 12.7. The van der Waals surface area contributed by atoms with Crippen LogP contribution >= 0.6 is 0 Å². The summed E-state index contributed by atoms with van der Waals surface area (Å²) in [6, 6.07) is 0.196. The third-order valence-corrected chi connectivity index (χ3v) is 10.6. The van der Waals surface area contributed by atoms with Crippen molar-refractivity contribution in [3.63, 3.8) is 0 Å². The number of piperidine rings is 1. The lowest BCUT2D eigenvalue weighted by Crippen LogP contribution is -2.70. The fraction of sp³-hybridized carbons (Fsp3) is 0.909. The molecule has 7 bridgehead atoms. The fourth-order valence-electron chi connectivity index (χ4n) is 10.0. The van der Waals surface area contributed by atoms with Gasteiger partial charge in [-0.2, -0.15) is 0 Å². The Balaban J connectivity index is 1.63. The van der Waals surface area contributed by atoms with Gasteiger partial charge in [0.1, 0.15) is 0 Å². The summed E-state index contributed by atoms with van der Waals surface area (Å²) in [6.07, 6.45) is 0.626. The maximum Gasteiger partial charge on any atom is 0.0868 e. The van der Waals surface area contributed by atoms with Gasteiger partial charge in [-0.25, -0.2) is 0 Å². The number of rotatable bonds is 1. The standard InChI is InChI=1S/C22H33NO4/c1-4-23-9-20(3)6-5-14(24)22-13(20)7-12(18(22)23)21-8-11(10(2)19(21)27)15(25)16(26)17(21)22/h11-19,24-27H,2,4-9H2,1,3H3/t11-,12-,13-,14+,15-,16+,17-,18+,19-,20-,21+,22+/m1/s1. The second-order valence-corrected chi connectivity index (χ2v) is 11.0. The third kappa shape index (κ3) is 1.49. The van der Waals surface area contributed by atoms with E-state index >= 15 is 0 Å². The van der Waals surface area contributed by atoms with Crippen LogP contribution in [0.1, 0.15) is 39.5 Å². The first-order valence-corrected chi connectivity index (χ1v) is 10.9. The summed E-state index contributed by atoms with van der Waals surface area (Å²) in [6.45, 7) is 10.7. The summed E-state index contributed by atoms with van der Waals surface area (Å²) in [4.78, 5) is 2.55. The Hall–Kier alpha value is -0.460. The highest BCUT2D eigenvalue weighted by molar-refractivity contribution is 5.40. The second kappa shape index (κ2) is 4.81. The number of nitrogens with zero attached hydrogens (tertiary/aromatic N) is 1. The van der Waals surface area contributed by atoms with E-state index < -0.39 is 35.2 Å². The van der Waals surface area contributed by atoms with Crippen molar-refractivity contribution >= 4 is 0 Å². The Morgan fingerprint density at radius 3 is 2.63 bits per heavy atom. The largest absolute Gasteiger partial charge is 0.392 e. The summed E-state index contributed by atoms with van der Waals surface area (Å²) in [5, 5.41) is 45.2. The highest BCUT2D eigenvalue weighted by Gasteiger charge is 2.86. The zero-order valence-corrected chi connectivity index (χ0v) is 16.4.